The molecule has 0 unspecified atom stereocenters. The van der Waals surface area contributed by atoms with E-state index in [4.69, 9.17) is 0 Å². The highest BCUT2D eigenvalue weighted by molar-refractivity contribution is 14.8. The minimum Gasteiger partial charge on any atom is -0.0863 e. The van der Waals surface area contributed by atoms with Gasteiger partial charge in [-0.25, -0.2) is 0 Å². The van der Waals surface area contributed by atoms with Crippen molar-refractivity contribution in [2.75, 3.05) is 4.43 Å². The van der Waals surface area contributed by atoms with Crippen LogP contribution in [0.1, 0.15) is 12.5 Å². The highest BCUT2D eigenvalue weighted by Crippen LogP contribution is 2.21. The summed E-state index contributed by atoms with van der Waals surface area (Å²) < 4.78 is 2.87. The van der Waals surface area contributed by atoms with Crippen molar-refractivity contribution < 1.29 is 0 Å². The summed E-state index contributed by atoms with van der Waals surface area (Å²) in [6.07, 6.45) is 0. The molecule has 0 fully saturated rings. The fraction of sp³-hybridized carbons (Fsp3) is 0.333. The van der Waals surface area contributed by atoms with Crippen molar-refractivity contribution in [3.05, 3.63) is 35.9 Å². The molecule has 0 nitrogen and oxygen atoms in total. The Morgan fingerprint density at radius 3 is 2.45 bits per heavy atom. The van der Waals surface area contributed by atoms with Crippen LogP contribution in [0, 0.1) is 0 Å². The molecule has 0 N–H and O–H groups in total. The molecule has 11 heavy (non-hydrogen) atoms. The first-order chi connectivity index (χ1) is 5.43. The number of alkyl halides is 2. The molecule has 0 spiro atoms. The molecule has 0 bridgehead atoms. The molecule has 1 aromatic rings. The minimum atomic E-state index is 0.556. The van der Waals surface area contributed by atoms with Gasteiger partial charge in [0.2, 0.25) is 0 Å². The molecule has 0 radical (unpaired) electrons. The summed E-state index contributed by atoms with van der Waals surface area (Å²) in [5, 5.41) is 0. The second kappa shape index (κ2) is 6.22. The highest BCUT2D eigenvalue weighted by Gasteiger charge is 1.84. The van der Waals surface area contributed by atoms with Crippen LogP contribution in [0.4, 0.5) is 0 Å². The summed E-state index contributed by atoms with van der Waals surface area (Å²) in [4.78, 5) is 0. The Bertz CT molecular complexity index is 216. The van der Waals surface area contributed by atoms with E-state index in [0.717, 1.165) is 0 Å². The molecular formula is C9H12I2. The van der Waals surface area contributed by atoms with E-state index in [1.807, 2.05) is 0 Å². The highest BCUT2D eigenvalue weighted by atomic mass is 128. The van der Waals surface area contributed by atoms with E-state index in [-0.39, 0.29) is 0 Å². The third-order valence-corrected chi connectivity index (χ3v) is 11.9. The van der Waals surface area contributed by atoms with Gasteiger partial charge in [0, 0.05) is 4.43 Å². The van der Waals surface area contributed by atoms with Gasteiger partial charge in [0.05, 0.1) is 0 Å². The van der Waals surface area contributed by atoms with Crippen molar-refractivity contribution >= 4 is 33.2 Å². The lowest BCUT2D eigenvalue weighted by atomic mass is 10.2. The van der Waals surface area contributed by atoms with Crippen molar-refractivity contribution in [1.82, 2.24) is 0 Å². The van der Waals surface area contributed by atoms with Crippen LogP contribution < -0.4 is 0 Å². The second-order valence-corrected chi connectivity index (χ2v) is 13.3. The third-order valence-electron chi connectivity index (χ3n) is 1.22. The van der Waals surface area contributed by atoms with E-state index in [1.54, 1.807) is 5.56 Å². The van der Waals surface area contributed by atoms with Gasteiger partial charge < -0.3 is 0 Å². The molecule has 62 valence electrons. The van der Waals surface area contributed by atoms with Crippen molar-refractivity contribution in [3.63, 3.8) is 0 Å². The number of benzene rings is 1. The van der Waals surface area contributed by atoms with Crippen molar-refractivity contribution in [2.45, 2.75) is 11.4 Å². The van der Waals surface area contributed by atoms with Gasteiger partial charge in [-0.2, -0.15) is 0 Å². The van der Waals surface area contributed by atoms with Crippen LogP contribution in [0.3, 0.4) is 0 Å². The first-order valence-electron chi connectivity index (χ1n) is 3.65. The van der Waals surface area contributed by atoms with E-state index < -0.39 is 0 Å². The number of halogens is 2. The topological polar surface area (TPSA) is 0 Å². The maximum absolute atomic E-state index is 2.32. The Labute approximate surface area is 84.1 Å². The molecule has 0 saturated heterocycles. The number of rotatable bonds is 3. The monoisotopic (exact) mass is 374 g/mol. The summed E-state index contributed by atoms with van der Waals surface area (Å²) in [7, 11) is 0. The molecule has 0 aliphatic heterocycles. The summed E-state index contributed by atoms with van der Waals surface area (Å²) in [5.41, 5.74) is 1.55. The average molecular weight is 374 g/mol. The van der Waals surface area contributed by atoms with Crippen molar-refractivity contribution in [3.8, 4) is 0 Å². The van der Waals surface area contributed by atoms with E-state index in [9.17, 15) is 0 Å². The van der Waals surface area contributed by atoms with Crippen LogP contribution >= 0.6 is 33.2 Å². The zero-order chi connectivity index (χ0) is 7.94. The standard InChI is InChI=1S/C9H12I2/c1-2-10-11-8-9-6-4-3-5-7-9/h3-7H,2,8H2,1H3. The normalized spacial score (nSPS) is 12.1. The molecule has 0 aromatic heterocycles. The summed E-state index contributed by atoms with van der Waals surface area (Å²) in [6.45, 7) is 2.32. The molecular weight excluding hydrogens is 362 g/mol. The molecule has 0 aliphatic rings. The Kier molecular flexibility index (Phi) is 5.53. The number of hydrogen-bond donors (Lipinski definition) is 0. The van der Waals surface area contributed by atoms with Crippen molar-refractivity contribution in [2.24, 2.45) is 0 Å². The third kappa shape index (κ3) is 4.30. The van der Waals surface area contributed by atoms with Crippen LogP contribution in [0.25, 0.3) is 0 Å². The van der Waals surface area contributed by atoms with Crippen LogP contribution in [-0.2, 0) is 4.43 Å². The average Bonchev–Trinajstić information content (AvgIpc) is 2.07. The van der Waals surface area contributed by atoms with Gasteiger partial charge in [-0.15, -0.1) is 0 Å². The quantitative estimate of drug-likeness (QED) is 0.553. The summed E-state index contributed by atoms with van der Waals surface area (Å²) >= 11 is 1.17. The smallest absolute Gasteiger partial charge is 0.0247 e. The van der Waals surface area contributed by atoms with Gasteiger partial charge in [-0.3, -0.25) is 0 Å². The van der Waals surface area contributed by atoms with Crippen molar-refractivity contribution in [1.29, 1.82) is 0 Å². The maximum Gasteiger partial charge on any atom is 0.0247 e. The van der Waals surface area contributed by atoms with Gasteiger partial charge in [0.25, 0.3) is 0 Å². The van der Waals surface area contributed by atoms with E-state index in [2.05, 4.69) is 37.3 Å². The number of hydrogen-bond acceptors (Lipinski definition) is 0. The molecule has 0 atom stereocenters. The molecule has 1 rings (SSSR count). The lowest BCUT2D eigenvalue weighted by Crippen LogP contribution is -1.71. The van der Waals surface area contributed by atoms with Crippen LogP contribution in [-0.4, -0.2) is 4.43 Å². The van der Waals surface area contributed by atoms with E-state index in [1.165, 1.54) is 8.86 Å². The molecule has 1 aromatic carbocycles. The Balaban J connectivity index is 2.45. The van der Waals surface area contributed by atoms with Gasteiger partial charge >= 0.3 is 0 Å². The second-order valence-electron chi connectivity index (χ2n) is 2.09. The van der Waals surface area contributed by atoms with Crippen LogP contribution in [0.5, 0.6) is 0 Å². The maximum atomic E-state index is 2.32. The van der Waals surface area contributed by atoms with Crippen LogP contribution in [0.15, 0.2) is 30.3 Å². The van der Waals surface area contributed by atoms with Gasteiger partial charge in [-0.1, -0.05) is 70.4 Å². The summed E-state index contributed by atoms with van der Waals surface area (Å²) in [6, 6.07) is 10.9. The van der Waals surface area contributed by atoms with Gasteiger partial charge in [0.15, 0.2) is 0 Å². The first kappa shape index (κ1) is 9.77. The Morgan fingerprint density at radius 2 is 1.82 bits per heavy atom. The molecule has 0 aliphatic carbocycles. The van der Waals surface area contributed by atoms with Crippen LogP contribution in [0.2, 0.25) is 0 Å². The minimum absolute atomic E-state index is 0.556. The zero-order valence-corrected chi connectivity index (χ0v) is 10.9. The van der Waals surface area contributed by atoms with E-state index >= 15 is 0 Å². The predicted molar refractivity (Wildman–Crippen MR) is 68.7 cm³/mol. The molecule has 0 heterocycles. The fourth-order valence-electron chi connectivity index (χ4n) is 0.733. The SMILES string of the molecule is CCI=ICc1ccccc1. The largest absolute Gasteiger partial charge is 0.0863 e. The van der Waals surface area contributed by atoms with Gasteiger partial charge in [-0.05, 0) is 9.99 Å². The lowest BCUT2D eigenvalue weighted by Gasteiger charge is -1.91. The summed E-state index contributed by atoms with van der Waals surface area (Å²) in [5.74, 6) is 0. The fourth-order valence-corrected chi connectivity index (χ4v) is 8.52. The Hall–Kier alpha value is 0.680. The Morgan fingerprint density at radius 1 is 1.09 bits per heavy atom. The van der Waals surface area contributed by atoms with Gasteiger partial charge in [0.1, 0.15) is 0 Å². The first-order valence-corrected chi connectivity index (χ1v) is 13.0. The lowest BCUT2D eigenvalue weighted by molar-refractivity contribution is 1.46. The molecule has 0 amide bonds. The van der Waals surface area contributed by atoms with E-state index in [0.29, 0.717) is 33.2 Å². The molecule has 2 heteroatoms. The predicted octanol–water partition coefficient (Wildman–Crippen LogP) is 4.06. The molecule has 0 saturated carbocycles. The zero-order valence-electron chi connectivity index (χ0n) is 6.56.